The first-order chi connectivity index (χ1) is 14.4. The van der Waals surface area contributed by atoms with Gasteiger partial charge in [-0.1, -0.05) is 12.1 Å². The van der Waals surface area contributed by atoms with Crippen LogP contribution in [-0.2, 0) is 28.7 Å². The number of likely N-dealkylation sites (tertiary alicyclic amines) is 1. The molecule has 3 aromatic rings. The maximum atomic E-state index is 14.5. The van der Waals surface area contributed by atoms with Crippen molar-refractivity contribution in [1.82, 2.24) is 14.9 Å². The largest absolute Gasteiger partial charge is 0.379 e. The van der Waals surface area contributed by atoms with Crippen molar-refractivity contribution in [3.63, 3.8) is 0 Å². The molecule has 9 heteroatoms. The van der Waals surface area contributed by atoms with Crippen LogP contribution >= 0.6 is 11.3 Å². The van der Waals surface area contributed by atoms with Crippen LogP contribution in [-0.4, -0.2) is 36.4 Å². The normalized spacial score (nSPS) is 14.5. The summed E-state index contributed by atoms with van der Waals surface area (Å²) in [4.78, 5) is 10.5. The van der Waals surface area contributed by atoms with Crippen molar-refractivity contribution in [1.29, 1.82) is 0 Å². The molecular weight excluding hydrogens is 423 g/mol. The van der Waals surface area contributed by atoms with Crippen molar-refractivity contribution in [2.75, 3.05) is 18.4 Å². The Bertz CT molecular complexity index is 1130. The third kappa shape index (κ3) is 4.69. The minimum atomic E-state index is -3.57. The molecule has 1 aliphatic heterocycles. The fraction of sp³-hybridized carbons (Fsp3) is 0.333. The van der Waals surface area contributed by atoms with E-state index in [0.29, 0.717) is 23.5 Å². The van der Waals surface area contributed by atoms with Gasteiger partial charge in [-0.3, -0.25) is 4.90 Å². The molecule has 0 radical (unpaired) electrons. The topological polar surface area (TPSA) is 75.2 Å². The van der Waals surface area contributed by atoms with E-state index in [0.717, 1.165) is 30.8 Å². The molecule has 0 aliphatic carbocycles. The van der Waals surface area contributed by atoms with Crippen LogP contribution in [0.2, 0.25) is 0 Å². The molecule has 4 rings (SSSR count). The zero-order chi connectivity index (χ0) is 21.1. The van der Waals surface area contributed by atoms with E-state index in [1.165, 1.54) is 30.0 Å². The Morgan fingerprint density at radius 1 is 1.27 bits per heavy atom. The molecule has 0 bridgehead atoms. The molecule has 1 aromatic carbocycles. The Balaban J connectivity index is 1.48. The van der Waals surface area contributed by atoms with Crippen LogP contribution in [0.3, 0.4) is 0 Å². The van der Waals surface area contributed by atoms with Gasteiger partial charge < -0.3 is 5.32 Å². The molecule has 30 heavy (non-hydrogen) atoms. The van der Waals surface area contributed by atoms with Crippen molar-refractivity contribution in [2.45, 2.75) is 37.2 Å². The van der Waals surface area contributed by atoms with Crippen LogP contribution in [0, 0.1) is 12.7 Å². The summed E-state index contributed by atoms with van der Waals surface area (Å²) in [6.07, 6.45) is 2.69. The van der Waals surface area contributed by atoms with Crippen molar-refractivity contribution in [2.24, 2.45) is 0 Å². The molecule has 1 fully saturated rings. The van der Waals surface area contributed by atoms with Gasteiger partial charge >= 0.3 is 0 Å². The quantitative estimate of drug-likeness (QED) is 0.568. The molecule has 0 unspecified atom stereocenters. The summed E-state index contributed by atoms with van der Waals surface area (Å²) in [7, 11) is -3.57. The van der Waals surface area contributed by atoms with Gasteiger partial charge in [0.2, 0.25) is 9.84 Å². The number of pyridine rings is 1. The Labute approximate surface area is 179 Å². The fourth-order valence-electron chi connectivity index (χ4n) is 3.38. The van der Waals surface area contributed by atoms with Gasteiger partial charge in [-0.25, -0.2) is 22.8 Å². The third-order valence-corrected chi connectivity index (χ3v) is 7.41. The molecule has 158 valence electrons. The third-order valence-electron chi connectivity index (χ3n) is 5.24. The molecule has 0 spiro atoms. The molecule has 0 atom stereocenters. The van der Waals surface area contributed by atoms with Gasteiger partial charge in [-0.15, -0.1) is 11.3 Å². The lowest BCUT2D eigenvalue weighted by atomic mass is 10.0. The van der Waals surface area contributed by atoms with E-state index in [4.69, 9.17) is 0 Å². The predicted octanol–water partition coefficient (Wildman–Crippen LogP) is 3.78. The summed E-state index contributed by atoms with van der Waals surface area (Å²) in [5.74, 6) is -0.418. The minimum Gasteiger partial charge on any atom is -0.379 e. The van der Waals surface area contributed by atoms with Gasteiger partial charge in [0, 0.05) is 24.0 Å². The van der Waals surface area contributed by atoms with Crippen molar-refractivity contribution >= 4 is 26.9 Å². The van der Waals surface area contributed by atoms with Crippen LogP contribution in [0.4, 0.5) is 10.1 Å². The number of nitrogens with one attached hydrogen (secondary N) is 1. The average molecular weight is 447 g/mol. The van der Waals surface area contributed by atoms with Crippen LogP contribution in [0.1, 0.15) is 28.8 Å². The van der Waals surface area contributed by atoms with Crippen molar-refractivity contribution < 1.29 is 12.8 Å². The van der Waals surface area contributed by atoms with Crippen molar-refractivity contribution in [3.8, 4) is 0 Å². The van der Waals surface area contributed by atoms with Crippen LogP contribution in [0.25, 0.3) is 0 Å². The van der Waals surface area contributed by atoms with E-state index in [2.05, 4.69) is 20.2 Å². The first-order valence-corrected chi connectivity index (χ1v) is 12.3. The number of hydrogen-bond acceptors (Lipinski definition) is 7. The smallest absolute Gasteiger partial charge is 0.201 e. The van der Waals surface area contributed by atoms with Crippen molar-refractivity contribution in [3.05, 3.63) is 69.6 Å². The van der Waals surface area contributed by atoms with Gasteiger partial charge in [0.25, 0.3) is 0 Å². The van der Waals surface area contributed by atoms with Gasteiger partial charge in [-0.05, 0) is 49.7 Å². The van der Waals surface area contributed by atoms with Crippen LogP contribution in [0.15, 0.2) is 46.4 Å². The zero-order valence-corrected chi connectivity index (χ0v) is 18.3. The summed E-state index contributed by atoms with van der Waals surface area (Å²) in [6, 6.07) is 6.71. The SMILES string of the molecule is Cc1cc(S(=O)(=O)Cc2cscn2)ncc1NCc1c(F)cccc1CN1CCC1. The summed E-state index contributed by atoms with van der Waals surface area (Å²) < 4.78 is 39.7. The van der Waals surface area contributed by atoms with Crippen LogP contribution in [0.5, 0.6) is 0 Å². The number of benzene rings is 1. The lowest BCUT2D eigenvalue weighted by Crippen LogP contribution is -2.36. The second-order valence-electron chi connectivity index (χ2n) is 7.44. The summed E-state index contributed by atoms with van der Waals surface area (Å²) in [6.45, 7) is 4.95. The standard InChI is InChI=1S/C21H23FN4O2S2/c1-15-8-21(30(27,28)13-17-12-29-14-25-17)24-10-20(15)23-9-18-16(4-2-5-19(18)22)11-26-6-3-7-26/h2,4-5,8,10,12,14,23H,3,6-7,9,11,13H2,1H3. The molecule has 2 aromatic heterocycles. The summed E-state index contributed by atoms with van der Waals surface area (Å²) in [5, 5.41) is 4.95. The average Bonchev–Trinajstić information content (AvgIpc) is 3.17. The lowest BCUT2D eigenvalue weighted by Gasteiger charge is -2.31. The molecule has 1 N–H and O–H groups in total. The highest BCUT2D eigenvalue weighted by Gasteiger charge is 2.20. The van der Waals surface area contributed by atoms with E-state index >= 15 is 0 Å². The number of sulfone groups is 1. The predicted molar refractivity (Wildman–Crippen MR) is 116 cm³/mol. The van der Waals surface area contributed by atoms with E-state index in [-0.39, 0.29) is 16.6 Å². The Hall–Kier alpha value is -2.36. The highest BCUT2D eigenvalue weighted by Crippen LogP contribution is 2.23. The number of nitrogens with zero attached hydrogens (tertiary/aromatic N) is 3. The molecular formula is C21H23FN4O2S2. The van der Waals surface area contributed by atoms with E-state index < -0.39 is 9.84 Å². The summed E-state index contributed by atoms with van der Waals surface area (Å²) in [5.41, 5.74) is 5.13. The van der Waals surface area contributed by atoms with Gasteiger partial charge in [0.15, 0.2) is 5.03 Å². The molecule has 3 heterocycles. The zero-order valence-electron chi connectivity index (χ0n) is 16.6. The Morgan fingerprint density at radius 2 is 2.10 bits per heavy atom. The van der Waals surface area contributed by atoms with Gasteiger partial charge in [0.1, 0.15) is 5.82 Å². The second kappa shape index (κ2) is 8.79. The number of anilines is 1. The number of hydrogen-bond donors (Lipinski definition) is 1. The number of thiazole rings is 1. The minimum absolute atomic E-state index is 0.0166. The highest BCUT2D eigenvalue weighted by molar-refractivity contribution is 7.90. The molecule has 1 aliphatic rings. The molecule has 0 saturated carbocycles. The Kier molecular flexibility index (Phi) is 6.12. The Morgan fingerprint density at radius 3 is 2.77 bits per heavy atom. The molecule has 0 amide bonds. The van der Waals surface area contributed by atoms with E-state index in [1.54, 1.807) is 23.0 Å². The number of aromatic nitrogens is 2. The first kappa shape index (κ1) is 20.9. The molecule has 6 nitrogen and oxygen atoms in total. The van der Waals surface area contributed by atoms with E-state index in [1.807, 2.05) is 13.0 Å². The highest BCUT2D eigenvalue weighted by atomic mass is 32.2. The van der Waals surface area contributed by atoms with Gasteiger partial charge in [-0.2, -0.15) is 0 Å². The number of rotatable bonds is 8. The monoisotopic (exact) mass is 446 g/mol. The number of aryl methyl sites for hydroxylation is 1. The fourth-order valence-corrected chi connectivity index (χ4v) is 5.31. The number of halogens is 1. The summed E-state index contributed by atoms with van der Waals surface area (Å²) >= 11 is 1.36. The van der Waals surface area contributed by atoms with Crippen LogP contribution < -0.4 is 5.32 Å². The first-order valence-electron chi connectivity index (χ1n) is 9.71. The maximum Gasteiger partial charge on any atom is 0.201 e. The lowest BCUT2D eigenvalue weighted by molar-refractivity contribution is 0.172. The second-order valence-corrected chi connectivity index (χ2v) is 10.1. The van der Waals surface area contributed by atoms with Gasteiger partial charge in [0.05, 0.1) is 28.8 Å². The molecule has 1 saturated heterocycles. The van der Waals surface area contributed by atoms with E-state index in [9.17, 15) is 12.8 Å². The maximum absolute atomic E-state index is 14.5.